The van der Waals surface area contributed by atoms with E-state index < -0.39 is 0 Å². The number of carbonyl (C=O) groups excluding carboxylic acids is 2. The van der Waals surface area contributed by atoms with Gasteiger partial charge in [-0.3, -0.25) is 4.79 Å². The van der Waals surface area contributed by atoms with E-state index >= 15 is 0 Å². The van der Waals surface area contributed by atoms with E-state index in [1.165, 1.54) is 19.3 Å². The molecule has 4 bridgehead atoms. The van der Waals surface area contributed by atoms with Crippen molar-refractivity contribution >= 4 is 11.9 Å². The molecule has 0 aromatic rings. The molecular weight excluding hydrogens is 302 g/mol. The number of carbonyl (C=O) groups is 2. The van der Waals surface area contributed by atoms with Crippen molar-refractivity contribution in [3.63, 3.8) is 0 Å². The van der Waals surface area contributed by atoms with E-state index in [0.29, 0.717) is 18.9 Å². The first-order valence-electron chi connectivity index (χ1n) is 9.77. The molecule has 0 radical (unpaired) electrons. The van der Waals surface area contributed by atoms with Crippen LogP contribution in [0.25, 0.3) is 0 Å². The van der Waals surface area contributed by atoms with Gasteiger partial charge in [0.1, 0.15) is 0 Å². The van der Waals surface area contributed by atoms with Gasteiger partial charge in [-0.1, -0.05) is 13.8 Å². The predicted octanol–water partition coefficient (Wildman–Crippen LogP) is 2.81. The van der Waals surface area contributed by atoms with Crippen LogP contribution in [0, 0.1) is 23.7 Å². The lowest BCUT2D eigenvalue weighted by atomic mass is 9.53. The fraction of sp³-hybridized carbons (Fsp3) is 0.895. The Morgan fingerprint density at radius 2 is 1.54 bits per heavy atom. The van der Waals surface area contributed by atoms with Crippen molar-refractivity contribution in [2.45, 2.75) is 70.8 Å². The van der Waals surface area contributed by atoms with E-state index in [0.717, 1.165) is 50.0 Å². The summed E-state index contributed by atoms with van der Waals surface area (Å²) in [6.07, 6.45) is 8.93. The second kappa shape index (κ2) is 7.32. The highest BCUT2D eigenvalue weighted by atomic mass is 16.2. The van der Waals surface area contributed by atoms with Crippen LogP contribution in [0.15, 0.2) is 0 Å². The van der Waals surface area contributed by atoms with Gasteiger partial charge in [0, 0.05) is 25.0 Å². The first-order valence-corrected chi connectivity index (χ1v) is 9.77. The molecule has 0 unspecified atom stereocenters. The van der Waals surface area contributed by atoms with E-state index in [1.54, 1.807) is 0 Å². The van der Waals surface area contributed by atoms with Gasteiger partial charge in [-0.2, -0.15) is 0 Å². The molecule has 0 aliphatic heterocycles. The molecule has 5 nitrogen and oxygen atoms in total. The Kier molecular flexibility index (Phi) is 5.36. The summed E-state index contributed by atoms with van der Waals surface area (Å²) in [5.74, 6) is 3.08. The van der Waals surface area contributed by atoms with Crippen molar-refractivity contribution in [2.75, 3.05) is 13.1 Å². The summed E-state index contributed by atoms with van der Waals surface area (Å²) >= 11 is 0. The van der Waals surface area contributed by atoms with Crippen LogP contribution in [0.5, 0.6) is 0 Å². The molecule has 4 aliphatic rings. The van der Waals surface area contributed by atoms with E-state index in [2.05, 4.69) is 29.8 Å². The molecule has 3 amide bonds. The van der Waals surface area contributed by atoms with E-state index in [1.807, 2.05) is 0 Å². The molecule has 0 atom stereocenters. The predicted molar refractivity (Wildman–Crippen MR) is 94.5 cm³/mol. The maximum absolute atomic E-state index is 12.3. The third-order valence-corrected chi connectivity index (χ3v) is 6.10. The summed E-state index contributed by atoms with van der Waals surface area (Å²) in [5.41, 5.74) is 0.0400. The maximum atomic E-state index is 12.3. The van der Waals surface area contributed by atoms with Crippen molar-refractivity contribution in [3.05, 3.63) is 0 Å². The van der Waals surface area contributed by atoms with Gasteiger partial charge in [0.2, 0.25) is 5.91 Å². The Labute approximate surface area is 145 Å². The summed E-state index contributed by atoms with van der Waals surface area (Å²) in [7, 11) is 0. The Morgan fingerprint density at radius 1 is 0.958 bits per heavy atom. The summed E-state index contributed by atoms with van der Waals surface area (Å²) in [6.45, 7) is 5.41. The third kappa shape index (κ3) is 4.42. The standard InChI is InChI=1S/C19H33N3O2/c1-13(2)3-5-20-17(23)4-6-21-18(24)22-19-10-14-7-15(11-19)9-16(8-14)12-19/h13-16H,3-12H2,1-2H3,(H,20,23)(H2,21,22,24). The average Bonchev–Trinajstić information content (AvgIpc) is 2.44. The molecule has 0 saturated heterocycles. The molecular formula is C19H33N3O2. The zero-order valence-electron chi connectivity index (χ0n) is 15.2. The molecule has 24 heavy (non-hydrogen) atoms. The molecule has 4 aliphatic carbocycles. The van der Waals surface area contributed by atoms with Crippen LogP contribution in [0.1, 0.15) is 65.2 Å². The second-order valence-electron chi connectivity index (χ2n) is 8.86. The minimum absolute atomic E-state index is 0.0192. The van der Waals surface area contributed by atoms with Crippen LogP contribution in [-0.2, 0) is 4.79 Å². The van der Waals surface area contributed by atoms with Crippen molar-refractivity contribution in [3.8, 4) is 0 Å². The average molecular weight is 335 g/mol. The fourth-order valence-electron chi connectivity index (χ4n) is 5.43. The quantitative estimate of drug-likeness (QED) is 0.669. The molecule has 4 saturated carbocycles. The SMILES string of the molecule is CC(C)CCNC(=O)CCNC(=O)NC12CC3CC(CC(C3)C1)C2. The number of nitrogens with one attached hydrogen (secondary N) is 3. The van der Waals surface area contributed by atoms with Crippen LogP contribution in [0.4, 0.5) is 4.79 Å². The summed E-state index contributed by atoms with van der Waals surface area (Å²) < 4.78 is 0. The molecule has 0 aromatic heterocycles. The number of urea groups is 1. The third-order valence-electron chi connectivity index (χ3n) is 6.10. The van der Waals surface area contributed by atoms with Gasteiger partial charge in [0.25, 0.3) is 0 Å². The Morgan fingerprint density at radius 3 is 2.08 bits per heavy atom. The summed E-state index contributed by atoms with van der Waals surface area (Å²) in [4.78, 5) is 24.0. The Hall–Kier alpha value is -1.26. The first kappa shape index (κ1) is 17.6. The monoisotopic (exact) mass is 335 g/mol. The zero-order valence-corrected chi connectivity index (χ0v) is 15.2. The van der Waals surface area contributed by atoms with E-state index in [9.17, 15) is 9.59 Å². The second-order valence-corrected chi connectivity index (χ2v) is 8.86. The summed E-state index contributed by atoms with van der Waals surface area (Å²) in [6, 6.07) is -0.0908. The van der Waals surface area contributed by atoms with Crippen LogP contribution in [-0.4, -0.2) is 30.6 Å². The van der Waals surface area contributed by atoms with Gasteiger partial charge in [0.15, 0.2) is 0 Å². The lowest BCUT2D eigenvalue weighted by molar-refractivity contribution is -0.120. The number of hydrogen-bond donors (Lipinski definition) is 3. The topological polar surface area (TPSA) is 70.2 Å². The normalized spacial score (nSPS) is 33.5. The molecule has 0 spiro atoms. The minimum atomic E-state index is -0.0908. The number of amides is 3. The van der Waals surface area contributed by atoms with Gasteiger partial charge >= 0.3 is 6.03 Å². The molecule has 0 aromatic carbocycles. The fourth-order valence-corrected chi connectivity index (χ4v) is 5.43. The lowest BCUT2D eigenvalue weighted by Crippen LogP contribution is -2.61. The molecule has 3 N–H and O–H groups in total. The Balaban J connectivity index is 1.35. The molecule has 4 fully saturated rings. The maximum Gasteiger partial charge on any atom is 0.315 e. The molecule has 136 valence electrons. The van der Waals surface area contributed by atoms with Gasteiger partial charge in [-0.25, -0.2) is 4.79 Å². The molecule has 5 heteroatoms. The highest BCUT2D eigenvalue weighted by Gasteiger charge is 2.51. The van der Waals surface area contributed by atoms with Gasteiger partial charge < -0.3 is 16.0 Å². The van der Waals surface area contributed by atoms with Gasteiger partial charge in [0.05, 0.1) is 0 Å². The molecule has 4 rings (SSSR count). The van der Waals surface area contributed by atoms with Crippen LogP contribution < -0.4 is 16.0 Å². The lowest BCUT2D eigenvalue weighted by Gasteiger charge is -2.56. The van der Waals surface area contributed by atoms with Crippen LogP contribution in [0.2, 0.25) is 0 Å². The smallest absolute Gasteiger partial charge is 0.315 e. The minimum Gasteiger partial charge on any atom is -0.356 e. The number of rotatable bonds is 7. The summed E-state index contributed by atoms with van der Waals surface area (Å²) in [5, 5.41) is 9.06. The first-order chi connectivity index (χ1) is 11.4. The number of hydrogen-bond acceptors (Lipinski definition) is 2. The largest absolute Gasteiger partial charge is 0.356 e. The zero-order chi connectivity index (χ0) is 17.2. The van der Waals surface area contributed by atoms with Crippen molar-refractivity contribution in [1.29, 1.82) is 0 Å². The highest BCUT2D eigenvalue weighted by molar-refractivity contribution is 5.78. The van der Waals surface area contributed by atoms with Crippen molar-refractivity contribution < 1.29 is 9.59 Å². The van der Waals surface area contributed by atoms with Gasteiger partial charge in [-0.05, 0) is 68.6 Å². The van der Waals surface area contributed by atoms with E-state index in [4.69, 9.17) is 0 Å². The Bertz CT molecular complexity index is 440. The van der Waals surface area contributed by atoms with Gasteiger partial charge in [-0.15, -0.1) is 0 Å². The van der Waals surface area contributed by atoms with Crippen LogP contribution >= 0.6 is 0 Å². The molecule has 0 heterocycles. The highest BCUT2D eigenvalue weighted by Crippen LogP contribution is 2.55. The van der Waals surface area contributed by atoms with E-state index in [-0.39, 0.29) is 17.5 Å². The van der Waals surface area contributed by atoms with Crippen LogP contribution in [0.3, 0.4) is 0 Å². The van der Waals surface area contributed by atoms with Crippen molar-refractivity contribution in [2.24, 2.45) is 23.7 Å². The van der Waals surface area contributed by atoms with Crippen molar-refractivity contribution in [1.82, 2.24) is 16.0 Å².